The minimum Gasteiger partial charge on any atom is -0.348 e. The minimum absolute atomic E-state index is 0.101. The van der Waals surface area contributed by atoms with Gasteiger partial charge in [-0.05, 0) is 36.4 Å². The van der Waals surface area contributed by atoms with Gasteiger partial charge in [0.1, 0.15) is 5.82 Å². The molecule has 5 nitrogen and oxygen atoms in total. The van der Waals surface area contributed by atoms with Crippen LogP contribution in [-0.2, 0) is 10.0 Å². The standard InChI is InChI=1S/C10H11N3O2S/c11-16(14,15)9-5-3-8(4-6-9)13-10-2-1-7-12-10/h1-7,12-13H,(H2,11,14,15). The number of rotatable bonds is 3. The van der Waals surface area contributed by atoms with E-state index in [1.807, 2.05) is 12.1 Å². The van der Waals surface area contributed by atoms with E-state index in [2.05, 4.69) is 10.3 Å². The van der Waals surface area contributed by atoms with Gasteiger partial charge in [-0.1, -0.05) is 0 Å². The van der Waals surface area contributed by atoms with Crippen molar-refractivity contribution in [2.24, 2.45) is 5.14 Å². The second-order valence-electron chi connectivity index (χ2n) is 3.28. The number of nitrogens with one attached hydrogen (secondary N) is 2. The predicted octanol–water partition coefficient (Wildman–Crippen LogP) is 1.41. The molecule has 4 N–H and O–H groups in total. The summed E-state index contributed by atoms with van der Waals surface area (Å²) in [6, 6.07) is 9.96. The molecule has 84 valence electrons. The van der Waals surface area contributed by atoms with Gasteiger partial charge in [0.2, 0.25) is 10.0 Å². The fourth-order valence-corrected chi connectivity index (χ4v) is 1.81. The van der Waals surface area contributed by atoms with E-state index < -0.39 is 10.0 Å². The van der Waals surface area contributed by atoms with Gasteiger partial charge in [-0.3, -0.25) is 0 Å². The van der Waals surface area contributed by atoms with Crippen molar-refractivity contribution in [1.82, 2.24) is 4.98 Å². The normalized spacial score (nSPS) is 11.3. The Bertz CT molecular complexity index is 559. The molecule has 0 amide bonds. The van der Waals surface area contributed by atoms with Crippen LogP contribution in [0, 0.1) is 0 Å². The molecule has 2 aromatic rings. The maximum Gasteiger partial charge on any atom is 0.238 e. The van der Waals surface area contributed by atoms with Crippen molar-refractivity contribution in [3.8, 4) is 0 Å². The molecule has 0 fully saturated rings. The van der Waals surface area contributed by atoms with Crippen molar-refractivity contribution < 1.29 is 8.42 Å². The fourth-order valence-electron chi connectivity index (χ4n) is 1.29. The van der Waals surface area contributed by atoms with Gasteiger partial charge in [-0.15, -0.1) is 0 Å². The Balaban J connectivity index is 2.20. The predicted molar refractivity (Wildman–Crippen MR) is 61.9 cm³/mol. The molecule has 0 bridgehead atoms. The monoisotopic (exact) mass is 237 g/mol. The Morgan fingerprint density at radius 2 is 1.81 bits per heavy atom. The molecule has 1 aromatic heterocycles. The van der Waals surface area contributed by atoms with Crippen molar-refractivity contribution in [2.45, 2.75) is 4.90 Å². The van der Waals surface area contributed by atoms with Crippen LogP contribution in [0.3, 0.4) is 0 Å². The molecule has 1 aromatic carbocycles. The van der Waals surface area contributed by atoms with Crippen LogP contribution in [0.2, 0.25) is 0 Å². The topological polar surface area (TPSA) is 88.0 Å². The minimum atomic E-state index is -3.62. The Morgan fingerprint density at radius 1 is 1.12 bits per heavy atom. The van der Waals surface area contributed by atoms with E-state index in [-0.39, 0.29) is 4.90 Å². The average molecular weight is 237 g/mol. The molecule has 0 saturated carbocycles. The van der Waals surface area contributed by atoms with Crippen LogP contribution in [-0.4, -0.2) is 13.4 Å². The van der Waals surface area contributed by atoms with Gasteiger partial charge in [0.15, 0.2) is 0 Å². The first-order valence-electron chi connectivity index (χ1n) is 4.59. The first-order chi connectivity index (χ1) is 7.55. The van der Waals surface area contributed by atoms with Crippen LogP contribution in [0.5, 0.6) is 0 Å². The zero-order valence-electron chi connectivity index (χ0n) is 8.34. The van der Waals surface area contributed by atoms with Gasteiger partial charge in [-0.2, -0.15) is 0 Å². The lowest BCUT2D eigenvalue weighted by atomic mass is 10.3. The van der Waals surface area contributed by atoms with Gasteiger partial charge >= 0.3 is 0 Å². The maximum atomic E-state index is 11.0. The summed E-state index contributed by atoms with van der Waals surface area (Å²) in [6.07, 6.45) is 1.79. The Kier molecular flexibility index (Phi) is 2.67. The zero-order chi connectivity index (χ0) is 11.6. The van der Waals surface area contributed by atoms with E-state index in [0.29, 0.717) is 0 Å². The number of sulfonamides is 1. The summed E-state index contributed by atoms with van der Waals surface area (Å²) >= 11 is 0. The summed E-state index contributed by atoms with van der Waals surface area (Å²) in [7, 11) is -3.62. The molecule has 0 radical (unpaired) electrons. The van der Waals surface area contributed by atoms with Crippen LogP contribution in [0.1, 0.15) is 0 Å². The number of nitrogens with two attached hydrogens (primary N) is 1. The molecule has 0 aliphatic carbocycles. The highest BCUT2D eigenvalue weighted by Gasteiger charge is 2.06. The highest BCUT2D eigenvalue weighted by atomic mass is 32.2. The van der Waals surface area contributed by atoms with Gasteiger partial charge in [-0.25, -0.2) is 13.6 Å². The molecule has 2 rings (SSSR count). The number of hydrogen-bond acceptors (Lipinski definition) is 3. The van der Waals surface area contributed by atoms with E-state index in [0.717, 1.165) is 11.5 Å². The van der Waals surface area contributed by atoms with Gasteiger partial charge in [0.05, 0.1) is 4.90 Å². The lowest BCUT2D eigenvalue weighted by Gasteiger charge is -2.04. The van der Waals surface area contributed by atoms with Crippen LogP contribution >= 0.6 is 0 Å². The summed E-state index contributed by atoms with van der Waals surface area (Å²) in [5.41, 5.74) is 0.787. The number of H-pyrrole nitrogens is 1. The molecular weight excluding hydrogens is 226 g/mol. The average Bonchev–Trinajstić information content (AvgIpc) is 2.70. The molecule has 0 aliphatic heterocycles. The number of primary sulfonamides is 1. The fraction of sp³-hybridized carbons (Fsp3) is 0. The third kappa shape index (κ3) is 2.41. The second kappa shape index (κ2) is 3.99. The third-order valence-electron chi connectivity index (χ3n) is 2.06. The second-order valence-corrected chi connectivity index (χ2v) is 4.84. The van der Waals surface area contributed by atoms with Crippen molar-refractivity contribution in [3.63, 3.8) is 0 Å². The maximum absolute atomic E-state index is 11.0. The van der Waals surface area contributed by atoms with Crippen molar-refractivity contribution in [3.05, 3.63) is 42.6 Å². The largest absolute Gasteiger partial charge is 0.348 e. The van der Waals surface area contributed by atoms with Crippen LogP contribution in [0.15, 0.2) is 47.5 Å². The number of aromatic nitrogens is 1. The SMILES string of the molecule is NS(=O)(=O)c1ccc(Nc2ccc[nH]2)cc1. The van der Waals surface area contributed by atoms with Gasteiger partial charge in [0, 0.05) is 11.9 Å². The van der Waals surface area contributed by atoms with E-state index in [9.17, 15) is 8.42 Å². The molecular formula is C10H11N3O2S. The molecule has 6 heteroatoms. The summed E-state index contributed by atoms with van der Waals surface area (Å²) < 4.78 is 22.0. The molecule has 0 spiro atoms. The van der Waals surface area contributed by atoms with Gasteiger partial charge < -0.3 is 10.3 Å². The van der Waals surface area contributed by atoms with Crippen LogP contribution in [0.4, 0.5) is 11.5 Å². The van der Waals surface area contributed by atoms with Gasteiger partial charge in [0.25, 0.3) is 0 Å². The molecule has 1 heterocycles. The van der Waals surface area contributed by atoms with E-state index in [4.69, 9.17) is 5.14 Å². The molecule has 0 unspecified atom stereocenters. The lowest BCUT2D eigenvalue weighted by Crippen LogP contribution is -2.11. The number of anilines is 2. The lowest BCUT2D eigenvalue weighted by molar-refractivity contribution is 0.598. The smallest absolute Gasteiger partial charge is 0.238 e. The van der Waals surface area contributed by atoms with E-state index >= 15 is 0 Å². The third-order valence-corrected chi connectivity index (χ3v) is 2.99. The summed E-state index contributed by atoms with van der Waals surface area (Å²) in [4.78, 5) is 3.08. The van der Waals surface area contributed by atoms with E-state index in [1.165, 1.54) is 12.1 Å². The van der Waals surface area contributed by atoms with Crippen molar-refractivity contribution >= 4 is 21.5 Å². The Labute approximate surface area is 93.3 Å². The quantitative estimate of drug-likeness (QED) is 0.754. The molecule has 0 atom stereocenters. The number of hydrogen-bond donors (Lipinski definition) is 3. The number of aromatic amines is 1. The highest BCUT2D eigenvalue weighted by molar-refractivity contribution is 7.89. The summed E-state index contributed by atoms with van der Waals surface area (Å²) in [5, 5.41) is 8.06. The Hall–Kier alpha value is -1.79. The summed E-state index contributed by atoms with van der Waals surface area (Å²) in [5.74, 6) is 0.836. The molecule has 16 heavy (non-hydrogen) atoms. The molecule has 0 aliphatic rings. The van der Waals surface area contributed by atoms with Crippen molar-refractivity contribution in [1.29, 1.82) is 0 Å². The van der Waals surface area contributed by atoms with Crippen LogP contribution < -0.4 is 10.5 Å². The first-order valence-corrected chi connectivity index (χ1v) is 6.13. The molecule has 0 saturated heterocycles. The zero-order valence-corrected chi connectivity index (χ0v) is 9.16. The first kappa shape index (κ1) is 10.7. The summed E-state index contributed by atoms with van der Waals surface area (Å²) in [6.45, 7) is 0. The highest BCUT2D eigenvalue weighted by Crippen LogP contribution is 2.16. The van der Waals surface area contributed by atoms with E-state index in [1.54, 1.807) is 18.3 Å². The van der Waals surface area contributed by atoms with Crippen molar-refractivity contribution in [2.75, 3.05) is 5.32 Å². The van der Waals surface area contributed by atoms with Crippen LogP contribution in [0.25, 0.3) is 0 Å². The number of benzene rings is 1. The Morgan fingerprint density at radius 3 is 2.31 bits per heavy atom.